The smallest absolute Gasteiger partial charge is 0.227 e. The Labute approximate surface area is 171 Å². The van der Waals surface area contributed by atoms with E-state index in [2.05, 4.69) is 24.0 Å². The topological polar surface area (TPSA) is 82.0 Å². The number of Topliss-reactive ketones (excluding diaryl/α,β-unsaturated/α-hetero) is 1. The molecule has 0 unspecified atom stereocenters. The molecule has 0 radical (unpaired) electrons. The molecule has 0 saturated carbocycles. The van der Waals surface area contributed by atoms with E-state index in [1.807, 2.05) is 48.5 Å². The summed E-state index contributed by atoms with van der Waals surface area (Å²) >= 11 is 0. The lowest BCUT2D eigenvalue weighted by Gasteiger charge is -2.05. The molecule has 2 aromatic carbocycles. The van der Waals surface area contributed by atoms with Crippen LogP contribution in [0.15, 0.2) is 53.1 Å². The quantitative estimate of drug-likeness (QED) is 0.558. The number of halogens is 1. The molecule has 2 N–H and O–H groups in total. The second-order valence-electron chi connectivity index (χ2n) is 7.13. The lowest BCUT2D eigenvalue weighted by molar-refractivity contribution is 0.0979. The highest BCUT2D eigenvalue weighted by molar-refractivity contribution is 5.96. The SMILES string of the molecule is CC(C)Cc1ccc(C(=O)CCc2nc(-c3ccc(CN)cc3)no2)cc1.Cl. The maximum Gasteiger partial charge on any atom is 0.227 e. The van der Waals surface area contributed by atoms with Gasteiger partial charge >= 0.3 is 0 Å². The van der Waals surface area contributed by atoms with Crippen LogP contribution in [0.2, 0.25) is 0 Å². The Morgan fingerprint density at radius 3 is 2.29 bits per heavy atom. The molecule has 0 amide bonds. The van der Waals surface area contributed by atoms with Crippen molar-refractivity contribution in [2.45, 2.75) is 39.7 Å². The van der Waals surface area contributed by atoms with Gasteiger partial charge in [0.2, 0.25) is 11.7 Å². The van der Waals surface area contributed by atoms with Gasteiger partial charge in [-0.3, -0.25) is 4.79 Å². The first kappa shape index (κ1) is 21.8. The Kier molecular flexibility index (Phi) is 7.91. The second-order valence-corrected chi connectivity index (χ2v) is 7.13. The number of hydrogen-bond acceptors (Lipinski definition) is 5. The number of aromatic nitrogens is 2. The molecule has 0 aliphatic rings. The van der Waals surface area contributed by atoms with Crippen molar-refractivity contribution in [3.8, 4) is 11.4 Å². The predicted octanol–water partition coefficient (Wildman–Crippen LogP) is 4.63. The van der Waals surface area contributed by atoms with Gasteiger partial charge in [-0.2, -0.15) is 4.98 Å². The zero-order valence-electron chi connectivity index (χ0n) is 16.2. The summed E-state index contributed by atoms with van der Waals surface area (Å²) in [5.41, 5.74) is 9.50. The number of nitrogens with zero attached hydrogens (tertiary/aromatic N) is 2. The molecule has 0 aliphatic heterocycles. The fourth-order valence-electron chi connectivity index (χ4n) is 2.93. The molecule has 3 rings (SSSR count). The Hall–Kier alpha value is -2.50. The highest BCUT2D eigenvalue weighted by Crippen LogP contribution is 2.18. The van der Waals surface area contributed by atoms with Gasteiger partial charge in [-0.15, -0.1) is 12.4 Å². The zero-order chi connectivity index (χ0) is 19.2. The number of hydrogen-bond donors (Lipinski definition) is 1. The number of carbonyl (C=O) groups is 1. The summed E-state index contributed by atoms with van der Waals surface area (Å²) in [4.78, 5) is 16.8. The molecule has 0 atom stereocenters. The van der Waals surface area contributed by atoms with Gasteiger partial charge in [-0.05, 0) is 23.5 Å². The summed E-state index contributed by atoms with van der Waals surface area (Å²) in [6, 6.07) is 15.6. The van der Waals surface area contributed by atoms with Gasteiger partial charge in [0.05, 0.1) is 0 Å². The third-order valence-electron chi connectivity index (χ3n) is 4.40. The molecule has 5 nitrogen and oxygen atoms in total. The van der Waals surface area contributed by atoms with Crippen molar-refractivity contribution in [1.82, 2.24) is 10.1 Å². The van der Waals surface area contributed by atoms with Gasteiger partial charge in [0.25, 0.3) is 0 Å². The van der Waals surface area contributed by atoms with Crippen LogP contribution in [0.1, 0.15) is 47.6 Å². The maximum atomic E-state index is 12.4. The predicted molar refractivity (Wildman–Crippen MR) is 113 cm³/mol. The van der Waals surface area contributed by atoms with Crippen molar-refractivity contribution in [3.63, 3.8) is 0 Å². The first-order valence-corrected chi connectivity index (χ1v) is 9.29. The normalized spacial score (nSPS) is 10.7. The average molecular weight is 400 g/mol. The van der Waals surface area contributed by atoms with Gasteiger partial charge in [0, 0.05) is 30.5 Å². The summed E-state index contributed by atoms with van der Waals surface area (Å²) in [5, 5.41) is 4.00. The average Bonchev–Trinajstić information content (AvgIpc) is 3.15. The van der Waals surface area contributed by atoms with Gasteiger partial charge in [0.15, 0.2) is 5.78 Å². The molecule has 0 spiro atoms. The van der Waals surface area contributed by atoms with Crippen LogP contribution in [0.4, 0.5) is 0 Å². The van der Waals surface area contributed by atoms with Crippen LogP contribution in [0.25, 0.3) is 11.4 Å². The van der Waals surface area contributed by atoms with Crippen molar-refractivity contribution in [2.75, 3.05) is 0 Å². The highest BCUT2D eigenvalue weighted by atomic mass is 35.5. The van der Waals surface area contributed by atoms with E-state index in [-0.39, 0.29) is 18.2 Å². The molecule has 28 heavy (non-hydrogen) atoms. The fourth-order valence-corrected chi connectivity index (χ4v) is 2.93. The van der Waals surface area contributed by atoms with Crippen LogP contribution < -0.4 is 5.73 Å². The number of aryl methyl sites for hydroxylation is 1. The van der Waals surface area contributed by atoms with Crippen LogP contribution in [0.5, 0.6) is 0 Å². The third kappa shape index (κ3) is 5.75. The van der Waals surface area contributed by atoms with Gasteiger partial charge < -0.3 is 10.3 Å². The minimum atomic E-state index is 0. The van der Waals surface area contributed by atoms with Gasteiger partial charge in [0.1, 0.15) is 0 Å². The van der Waals surface area contributed by atoms with Crippen LogP contribution in [-0.4, -0.2) is 15.9 Å². The first-order chi connectivity index (χ1) is 13.0. The van der Waals surface area contributed by atoms with Crippen LogP contribution >= 0.6 is 12.4 Å². The summed E-state index contributed by atoms with van der Waals surface area (Å²) in [7, 11) is 0. The molecule has 148 valence electrons. The van der Waals surface area contributed by atoms with Gasteiger partial charge in [-0.25, -0.2) is 0 Å². The highest BCUT2D eigenvalue weighted by Gasteiger charge is 2.12. The largest absolute Gasteiger partial charge is 0.339 e. The molecular weight excluding hydrogens is 374 g/mol. The first-order valence-electron chi connectivity index (χ1n) is 9.29. The molecule has 0 saturated heterocycles. The molecule has 0 fully saturated rings. The molecule has 0 bridgehead atoms. The lowest BCUT2D eigenvalue weighted by atomic mass is 9.99. The van der Waals surface area contributed by atoms with Crippen molar-refractivity contribution in [2.24, 2.45) is 11.7 Å². The van der Waals surface area contributed by atoms with E-state index in [0.717, 1.165) is 23.1 Å². The fraction of sp³-hybridized carbons (Fsp3) is 0.318. The number of rotatable bonds is 8. The van der Waals surface area contributed by atoms with Crippen molar-refractivity contribution >= 4 is 18.2 Å². The van der Waals surface area contributed by atoms with E-state index in [0.29, 0.717) is 37.0 Å². The molecule has 1 aromatic heterocycles. The summed E-state index contributed by atoms with van der Waals surface area (Å²) in [6.45, 7) is 4.87. The van der Waals surface area contributed by atoms with Crippen LogP contribution in [0.3, 0.4) is 0 Å². The Balaban J connectivity index is 0.00000280. The zero-order valence-corrected chi connectivity index (χ0v) is 17.0. The van der Waals surface area contributed by atoms with Crippen molar-refractivity contribution < 1.29 is 9.32 Å². The van der Waals surface area contributed by atoms with Crippen LogP contribution in [-0.2, 0) is 19.4 Å². The standard InChI is InChI=1S/C22H25N3O2.ClH/c1-15(2)13-16-3-7-18(8-4-16)20(26)11-12-21-24-22(25-27-21)19-9-5-17(14-23)6-10-19;/h3-10,15H,11-14,23H2,1-2H3;1H. The van der Waals surface area contributed by atoms with Crippen molar-refractivity contribution in [1.29, 1.82) is 0 Å². The monoisotopic (exact) mass is 399 g/mol. The van der Waals surface area contributed by atoms with E-state index in [1.165, 1.54) is 5.56 Å². The Morgan fingerprint density at radius 1 is 1.04 bits per heavy atom. The lowest BCUT2D eigenvalue weighted by Crippen LogP contribution is -2.02. The summed E-state index contributed by atoms with van der Waals surface area (Å²) < 4.78 is 5.29. The third-order valence-corrected chi connectivity index (χ3v) is 4.40. The molecular formula is C22H26ClN3O2. The molecule has 6 heteroatoms. The summed E-state index contributed by atoms with van der Waals surface area (Å²) in [6.07, 6.45) is 1.79. The second kappa shape index (κ2) is 10.2. The summed E-state index contributed by atoms with van der Waals surface area (Å²) in [5.74, 6) is 1.68. The minimum Gasteiger partial charge on any atom is -0.339 e. The molecule has 0 aliphatic carbocycles. The van der Waals surface area contributed by atoms with Crippen molar-refractivity contribution in [3.05, 3.63) is 71.1 Å². The Morgan fingerprint density at radius 2 is 1.68 bits per heavy atom. The van der Waals surface area contributed by atoms with Gasteiger partial charge in [-0.1, -0.05) is 67.5 Å². The van der Waals surface area contributed by atoms with E-state index >= 15 is 0 Å². The number of ketones is 1. The molecule has 1 heterocycles. The van der Waals surface area contributed by atoms with E-state index in [9.17, 15) is 4.79 Å². The Bertz CT molecular complexity index is 887. The maximum absolute atomic E-state index is 12.4. The van der Waals surface area contributed by atoms with E-state index < -0.39 is 0 Å². The van der Waals surface area contributed by atoms with Crippen LogP contribution in [0, 0.1) is 5.92 Å². The van der Waals surface area contributed by atoms with E-state index in [1.54, 1.807) is 0 Å². The number of nitrogens with two attached hydrogens (primary N) is 1. The number of benzene rings is 2. The molecule has 3 aromatic rings. The minimum absolute atomic E-state index is 0. The van der Waals surface area contributed by atoms with E-state index in [4.69, 9.17) is 10.3 Å². The number of carbonyl (C=O) groups excluding carboxylic acids is 1.